The smallest absolute Gasteiger partial charge is 0.253 e. The highest BCUT2D eigenvalue weighted by Gasteiger charge is 2.20. The molecule has 7 heteroatoms. The Morgan fingerprint density at radius 3 is 2.74 bits per heavy atom. The Labute approximate surface area is 154 Å². The number of fused-ring (bicyclic) bond motifs is 1. The number of hydrogen-bond acceptors (Lipinski definition) is 4. The van der Waals surface area contributed by atoms with E-state index in [1.54, 1.807) is 12.4 Å². The molecule has 0 bridgehead atoms. The molecule has 7 nitrogen and oxygen atoms in total. The molecule has 4 aromatic rings. The molecule has 0 radical (unpaired) electrons. The molecular weight excluding hydrogens is 340 g/mol. The number of carbonyl (C=O) groups is 1. The Bertz CT molecular complexity index is 1130. The maximum Gasteiger partial charge on any atom is 0.253 e. The molecule has 1 amide bonds. The SMILES string of the molecule is O=C1NCCc2[nH]c(-c3ccnc(-c4cccc(-c5ccn[nH]5)c4)n3)cc21. The minimum Gasteiger partial charge on any atom is -0.356 e. The number of H-pyrrole nitrogens is 2. The molecule has 27 heavy (non-hydrogen) atoms. The van der Waals surface area contributed by atoms with E-state index >= 15 is 0 Å². The summed E-state index contributed by atoms with van der Waals surface area (Å²) in [5.74, 6) is 0.589. The lowest BCUT2D eigenvalue weighted by Gasteiger charge is -2.10. The molecule has 3 N–H and O–H groups in total. The fourth-order valence-electron chi connectivity index (χ4n) is 3.32. The lowest BCUT2D eigenvalue weighted by molar-refractivity contribution is 0.0946. The predicted octanol–water partition coefficient (Wildman–Crippen LogP) is 2.81. The average molecular weight is 356 g/mol. The van der Waals surface area contributed by atoms with E-state index in [-0.39, 0.29) is 5.91 Å². The molecule has 1 aromatic carbocycles. The van der Waals surface area contributed by atoms with E-state index in [9.17, 15) is 4.79 Å². The Morgan fingerprint density at radius 1 is 0.963 bits per heavy atom. The van der Waals surface area contributed by atoms with Crippen molar-refractivity contribution in [1.29, 1.82) is 0 Å². The van der Waals surface area contributed by atoms with Gasteiger partial charge in [-0.25, -0.2) is 9.97 Å². The van der Waals surface area contributed by atoms with Crippen LogP contribution in [-0.4, -0.2) is 37.6 Å². The monoisotopic (exact) mass is 356 g/mol. The van der Waals surface area contributed by atoms with E-state index < -0.39 is 0 Å². The number of hydrogen-bond donors (Lipinski definition) is 3. The van der Waals surface area contributed by atoms with Gasteiger partial charge in [0.2, 0.25) is 0 Å². The third-order valence-electron chi connectivity index (χ3n) is 4.67. The third-order valence-corrected chi connectivity index (χ3v) is 4.67. The van der Waals surface area contributed by atoms with Gasteiger partial charge in [-0.2, -0.15) is 5.10 Å². The van der Waals surface area contributed by atoms with Gasteiger partial charge >= 0.3 is 0 Å². The first-order valence-corrected chi connectivity index (χ1v) is 8.71. The van der Waals surface area contributed by atoms with Crippen LogP contribution in [0.5, 0.6) is 0 Å². The van der Waals surface area contributed by atoms with Crippen LogP contribution in [0, 0.1) is 0 Å². The normalized spacial score (nSPS) is 13.3. The molecule has 4 heterocycles. The first-order valence-electron chi connectivity index (χ1n) is 8.71. The summed E-state index contributed by atoms with van der Waals surface area (Å²) in [6, 6.07) is 13.6. The summed E-state index contributed by atoms with van der Waals surface area (Å²) in [5, 5.41) is 9.83. The lowest BCUT2D eigenvalue weighted by Crippen LogP contribution is -2.31. The van der Waals surface area contributed by atoms with Crippen LogP contribution in [0.15, 0.2) is 54.9 Å². The Morgan fingerprint density at radius 2 is 1.89 bits per heavy atom. The molecule has 0 fully saturated rings. The van der Waals surface area contributed by atoms with Crippen molar-refractivity contribution in [3.05, 3.63) is 66.1 Å². The van der Waals surface area contributed by atoms with Gasteiger partial charge in [-0.15, -0.1) is 0 Å². The van der Waals surface area contributed by atoms with E-state index in [0.717, 1.165) is 40.3 Å². The van der Waals surface area contributed by atoms with Gasteiger partial charge in [0.15, 0.2) is 5.82 Å². The Hall–Kier alpha value is -3.74. The molecule has 0 saturated carbocycles. The second kappa shape index (κ2) is 6.21. The van der Waals surface area contributed by atoms with Gasteiger partial charge in [-0.05, 0) is 24.3 Å². The number of nitrogens with one attached hydrogen (secondary N) is 3. The predicted molar refractivity (Wildman–Crippen MR) is 101 cm³/mol. The third kappa shape index (κ3) is 2.79. The maximum atomic E-state index is 12.0. The number of carbonyl (C=O) groups excluding carboxylic acids is 1. The quantitative estimate of drug-likeness (QED) is 0.525. The molecular formula is C20H16N6O. The van der Waals surface area contributed by atoms with E-state index in [1.165, 1.54) is 0 Å². The molecule has 3 aromatic heterocycles. The number of amides is 1. The molecule has 132 valence electrons. The average Bonchev–Trinajstić information content (AvgIpc) is 3.39. The summed E-state index contributed by atoms with van der Waals surface area (Å²) >= 11 is 0. The highest BCUT2D eigenvalue weighted by molar-refractivity contribution is 5.97. The van der Waals surface area contributed by atoms with E-state index in [4.69, 9.17) is 4.98 Å². The Kier molecular flexibility index (Phi) is 3.57. The van der Waals surface area contributed by atoms with Crippen LogP contribution in [0.2, 0.25) is 0 Å². The first-order chi connectivity index (χ1) is 13.3. The topological polar surface area (TPSA) is 99.4 Å². The van der Waals surface area contributed by atoms with Gasteiger partial charge in [-0.1, -0.05) is 18.2 Å². The second-order valence-electron chi connectivity index (χ2n) is 6.40. The minimum absolute atomic E-state index is 0.0414. The van der Waals surface area contributed by atoms with Crippen LogP contribution < -0.4 is 5.32 Å². The van der Waals surface area contributed by atoms with Crippen molar-refractivity contribution in [3.8, 4) is 34.0 Å². The molecule has 1 aliphatic rings. The van der Waals surface area contributed by atoms with Crippen LogP contribution in [-0.2, 0) is 6.42 Å². The van der Waals surface area contributed by atoms with Crippen LogP contribution in [0.4, 0.5) is 0 Å². The van der Waals surface area contributed by atoms with Gasteiger partial charge < -0.3 is 10.3 Å². The highest BCUT2D eigenvalue weighted by atomic mass is 16.1. The standard InChI is InChI=1S/C20H16N6O/c27-20-14-11-18(24-16(14)4-8-22-20)17-5-7-21-19(25-17)13-3-1-2-12(10-13)15-6-9-23-26-15/h1-3,5-7,9-11,24H,4,8H2,(H,22,27)(H,23,26). The summed E-state index contributed by atoms with van der Waals surface area (Å²) in [6.45, 7) is 0.654. The second-order valence-corrected chi connectivity index (χ2v) is 6.40. The minimum atomic E-state index is -0.0414. The zero-order valence-electron chi connectivity index (χ0n) is 14.4. The van der Waals surface area contributed by atoms with Crippen molar-refractivity contribution < 1.29 is 4.79 Å². The Balaban J connectivity index is 1.53. The summed E-state index contributed by atoms with van der Waals surface area (Å²) in [4.78, 5) is 24.5. The fourth-order valence-corrected chi connectivity index (χ4v) is 3.32. The number of aromatic amines is 2. The summed E-state index contributed by atoms with van der Waals surface area (Å²) in [5.41, 5.74) is 6.10. The lowest BCUT2D eigenvalue weighted by atomic mass is 10.1. The van der Waals surface area contributed by atoms with Gasteiger partial charge in [0.25, 0.3) is 5.91 Å². The van der Waals surface area contributed by atoms with Gasteiger partial charge in [0, 0.05) is 42.2 Å². The van der Waals surface area contributed by atoms with E-state index in [1.807, 2.05) is 42.5 Å². The zero-order chi connectivity index (χ0) is 18.2. The summed E-state index contributed by atoms with van der Waals surface area (Å²) in [7, 11) is 0. The van der Waals surface area contributed by atoms with Crippen molar-refractivity contribution >= 4 is 5.91 Å². The van der Waals surface area contributed by atoms with E-state index in [2.05, 4.69) is 25.5 Å². The van der Waals surface area contributed by atoms with Crippen LogP contribution >= 0.6 is 0 Å². The van der Waals surface area contributed by atoms with Crippen LogP contribution in [0.25, 0.3) is 34.0 Å². The number of nitrogens with zero attached hydrogens (tertiary/aromatic N) is 3. The van der Waals surface area contributed by atoms with Crippen molar-refractivity contribution in [2.75, 3.05) is 6.54 Å². The van der Waals surface area contributed by atoms with Crippen molar-refractivity contribution in [3.63, 3.8) is 0 Å². The summed E-state index contributed by atoms with van der Waals surface area (Å²) in [6.07, 6.45) is 4.26. The van der Waals surface area contributed by atoms with Crippen molar-refractivity contribution in [2.45, 2.75) is 6.42 Å². The molecule has 5 rings (SSSR count). The largest absolute Gasteiger partial charge is 0.356 e. The fraction of sp³-hybridized carbons (Fsp3) is 0.100. The van der Waals surface area contributed by atoms with Gasteiger partial charge in [0.1, 0.15) is 0 Å². The highest BCUT2D eigenvalue weighted by Crippen LogP contribution is 2.26. The molecule has 0 spiro atoms. The molecule has 1 aliphatic heterocycles. The number of benzene rings is 1. The maximum absolute atomic E-state index is 12.0. The number of aromatic nitrogens is 5. The molecule has 0 saturated heterocycles. The van der Waals surface area contributed by atoms with Crippen LogP contribution in [0.1, 0.15) is 16.1 Å². The first kappa shape index (κ1) is 15.5. The molecule has 0 aliphatic carbocycles. The van der Waals surface area contributed by atoms with Gasteiger partial charge in [0.05, 0.1) is 22.6 Å². The van der Waals surface area contributed by atoms with E-state index in [0.29, 0.717) is 17.9 Å². The molecule has 0 atom stereocenters. The van der Waals surface area contributed by atoms with Crippen molar-refractivity contribution in [2.24, 2.45) is 0 Å². The molecule has 0 unspecified atom stereocenters. The zero-order valence-corrected chi connectivity index (χ0v) is 14.4. The van der Waals surface area contributed by atoms with Crippen LogP contribution in [0.3, 0.4) is 0 Å². The number of rotatable bonds is 3. The van der Waals surface area contributed by atoms with Gasteiger partial charge in [-0.3, -0.25) is 9.89 Å². The summed E-state index contributed by atoms with van der Waals surface area (Å²) < 4.78 is 0. The van der Waals surface area contributed by atoms with Crippen molar-refractivity contribution in [1.82, 2.24) is 30.5 Å².